The first-order chi connectivity index (χ1) is 11.2. The summed E-state index contributed by atoms with van der Waals surface area (Å²) in [6, 6.07) is 8.90. The third-order valence-electron chi connectivity index (χ3n) is 5.13. The van der Waals surface area contributed by atoms with Gasteiger partial charge in [0, 0.05) is 48.3 Å². The fraction of sp³-hybridized carbons (Fsp3) is 0.556. The van der Waals surface area contributed by atoms with Crippen LogP contribution in [0.15, 0.2) is 24.3 Å². The number of rotatable bonds is 3. The van der Waals surface area contributed by atoms with Gasteiger partial charge in [-0.05, 0) is 23.9 Å². The molecule has 0 spiro atoms. The van der Waals surface area contributed by atoms with E-state index in [4.69, 9.17) is 4.74 Å². The predicted octanol–water partition coefficient (Wildman–Crippen LogP) is 2.09. The molecule has 3 heterocycles. The van der Waals surface area contributed by atoms with Gasteiger partial charge in [0.15, 0.2) is 0 Å². The molecule has 0 saturated carbocycles. The van der Waals surface area contributed by atoms with Crippen LogP contribution in [0.2, 0.25) is 0 Å². The van der Waals surface area contributed by atoms with Crippen molar-refractivity contribution in [2.75, 3.05) is 39.4 Å². The van der Waals surface area contributed by atoms with E-state index < -0.39 is 0 Å². The van der Waals surface area contributed by atoms with Crippen molar-refractivity contribution in [2.24, 2.45) is 0 Å². The lowest BCUT2D eigenvalue weighted by atomic mass is 10.1. The molecule has 23 heavy (non-hydrogen) atoms. The van der Waals surface area contributed by atoms with Crippen molar-refractivity contribution in [3.05, 3.63) is 34.7 Å². The number of aliphatic hydroxyl groups is 1. The zero-order valence-electron chi connectivity index (χ0n) is 13.6. The van der Waals surface area contributed by atoms with Crippen molar-refractivity contribution in [2.45, 2.75) is 25.6 Å². The molecule has 4 rings (SSSR count). The summed E-state index contributed by atoms with van der Waals surface area (Å²) < 4.78 is 6.80. The maximum Gasteiger partial charge on any atom is 0.0834 e. The van der Waals surface area contributed by atoms with Gasteiger partial charge >= 0.3 is 0 Å². The first-order valence-corrected chi connectivity index (χ1v) is 9.23. The third kappa shape index (κ3) is 3.04. The second-order valence-electron chi connectivity index (χ2n) is 6.61. The highest BCUT2D eigenvalue weighted by molar-refractivity contribution is 7.19. The van der Waals surface area contributed by atoms with Gasteiger partial charge in [0.1, 0.15) is 0 Å². The number of ether oxygens (including phenoxy) is 1. The molecule has 2 aliphatic rings. The molecule has 2 aliphatic heterocycles. The number of benzene rings is 1. The monoisotopic (exact) mass is 332 g/mol. The Balaban J connectivity index is 1.50. The predicted molar refractivity (Wildman–Crippen MR) is 94.0 cm³/mol. The molecule has 2 saturated heterocycles. The van der Waals surface area contributed by atoms with E-state index in [0.29, 0.717) is 0 Å². The lowest BCUT2D eigenvalue weighted by Gasteiger charge is -2.33. The highest BCUT2D eigenvalue weighted by atomic mass is 32.1. The summed E-state index contributed by atoms with van der Waals surface area (Å²) in [5.41, 5.74) is 1.43. The van der Waals surface area contributed by atoms with E-state index in [2.05, 4.69) is 41.0 Å². The number of β-amino-alcohol motifs (C(OH)–C–C–N with tert-alkyl or cyclic N) is 1. The number of hydrogen-bond donors (Lipinski definition) is 1. The van der Waals surface area contributed by atoms with Gasteiger partial charge in [0.25, 0.3) is 0 Å². The molecule has 0 amide bonds. The Kier molecular flexibility index (Phi) is 4.39. The van der Waals surface area contributed by atoms with Crippen LogP contribution in [0.5, 0.6) is 0 Å². The Morgan fingerprint density at radius 2 is 2.00 bits per heavy atom. The van der Waals surface area contributed by atoms with Crippen LogP contribution in [0.1, 0.15) is 10.4 Å². The smallest absolute Gasteiger partial charge is 0.0834 e. The van der Waals surface area contributed by atoms with E-state index in [1.54, 1.807) is 0 Å². The average Bonchev–Trinajstić information content (AvgIpc) is 3.09. The number of aryl methyl sites for hydroxylation is 1. The number of nitrogens with zero attached hydrogens (tertiary/aromatic N) is 2. The van der Waals surface area contributed by atoms with Gasteiger partial charge in [-0.1, -0.05) is 18.2 Å². The highest BCUT2D eigenvalue weighted by Crippen LogP contribution is 2.32. The lowest BCUT2D eigenvalue weighted by Crippen LogP contribution is -2.48. The summed E-state index contributed by atoms with van der Waals surface area (Å²) >= 11 is 1.88. The summed E-state index contributed by atoms with van der Waals surface area (Å²) in [6.45, 7) is 8.33. The summed E-state index contributed by atoms with van der Waals surface area (Å²) in [5.74, 6) is 0. The summed E-state index contributed by atoms with van der Waals surface area (Å²) in [4.78, 5) is 6.20. The molecule has 0 aliphatic carbocycles. The van der Waals surface area contributed by atoms with Crippen LogP contribution in [0, 0.1) is 6.92 Å². The normalized spacial score (nSPS) is 27.0. The van der Waals surface area contributed by atoms with Crippen LogP contribution in [0.4, 0.5) is 0 Å². The van der Waals surface area contributed by atoms with Crippen molar-refractivity contribution in [3.63, 3.8) is 0 Å². The van der Waals surface area contributed by atoms with Crippen LogP contribution >= 0.6 is 11.3 Å². The van der Waals surface area contributed by atoms with Crippen molar-refractivity contribution in [1.29, 1.82) is 0 Å². The zero-order valence-corrected chi connectivity index (χ0v) is 14.4. The van der Waals surface area contributed by atoms with E-state index in [9.17, 15) is 5.11 Å². The molecule has 4 nitrogen and oxygen atoms in total. The number of fused-ring (bicyclic) bond motifs is 1. The summed E-state index contributed by atoms with van der Waals surface area (Å²) in [6.07, 6.45) is -0.252. The standard InChI is InChI=1S/C18H24N2O2S/c1-13-15(14-4-2-3-5-18(14)23-13)10-19-11-16(17(21)12-19)20-6-8-22-9-7-20/h2-5,16-17,21H,6-12H2,1H3/t16-,17-/m0/s1. The molecule has 0 radical (unpaired) electrons. The van der Waals surface area contributed by atoms with E-state index in [1.165, 1.54) is 20.5 Å². The van der Waals surface area contributed by atoms with Crippen molar-refractivity contribution < 1.29 is 9.84 Å². The van der Waals surface area contributed by atoms with Crippen LogP contribution in [-0.2, 0) is 11.3 Å². The Bertz CT molecular complexity index is 681. The first-order valence-electron chi connectivity index (χ1n) is 8.41. The third-order valence-corrected chi connectivity index (χ3v) is 6.26. The molecule has 0 bridgehead atoms. The van der Waals surface area contributed by atoms with Gasteiger partial charge in [0.2, 0.25) is 0 Å². The van der Waals surface area contributed by atoms with E-state index in [0.717, 1.165) is 45.9 Å². The van der Waals surface area contributed by atoms with Gasteiger partial charge in [-0.25, -0.2) is 0 Å². The number of likely N-dealkylation sites (tertiary alicyclic amines) is 1. The highest BCUT2D eigenvalue weighted by Gasteiger charge is 2.36. The minimum Gasteiger partial charge on any atom is -0.390 e. The number of morpholine rings is 1. The number of aliphatic hydroxyl groups excluding tert-OH is 1. The topological polar surface area (TPSA) is 35.9 Å². The molecule has 0 unspecified atom stereocenters. The molecular weight excluding hydrogens is 308 g/mol. The Labute approximate surface area is 141 Å². The molecule has 1 N–H and O–H groups in total. The van der Waals surface area contributed by atoms with Gasteiger partial charge in [-0.15, -0.1) is 11.3 Å². The van der Waals surface area contributed by atoms with Crippen LogP contribution < -0.4 is 0 Å². The quantitative estimate of drug-likeness (QED) is 0.934. The molecule has 1 aromatic carbocycles. The fourth-order valence-corrected chi connectivity index (χ4v) is 4.96. The minimum absolute atomic E-state index is 0.252. The van der Waals surface area contributed by atoms with Crippen molar-refractivity contribution in [3.8, 4) is 0 Å². The molecule has 5 heteroatoms. The molecular formula is C18H24N2O2S. The fourth-order valence-electron chi connectivity index (χ4n) is 3.89. The Morgan fingerprint density at radius 3 is 2.83 bits per heavy atom. The van der Waals surface area contributed by atoms with Crippen molar-refractivity contribution in [1.82, 2.24) is 9.80 Å². The van der Waals surface area contributed by atoms with Gasteiger partial charge < -0.3 is 9.84 Å². The van der Waals surface area contributed by atoms with Crippen LogP contribution in [-0.4, -0.2) is 66.4 Å². The molecule has 1 aromatic heterocycles. The number of thiophene rings is 1. The average molecular weight is 332 g/mol. The molecule has 2 atom stereocenters. The lowest BCUT2D eigenvalue weighted by molar-refractivity contribution is -0.00618. The summed E-state index contributed by atoms with van der Waals surface area (Å²) in [5, 5.41) is 11.9. The molecule has 2 aromatic rings. The summed E-state index contributed by atoms with van der Waals surface area (Å²) in [7, 11) is 0. The van der Waals surface area contributed by atoms with Crippen molar-refractivity contribution >= 4 is 21.4 Å². The maximum absolute atomic E-state index is 10.5. The van der Waals surface area contributed by atoms with E-state index in [1.807, 2.05) is 11.3 Å². The van der Waals surface area contributed by atoms with Gasteiger partial charge in [-0.3, -0.25) is 9.80 Å². The Hall–Kier alpha value is -0.980. The second kappa shape index (κ2) is 6.49. The van der Waals surface area contributed by atoms with Crippen LogP contribution in [0.3, 0.4) is 0 Å². The van der Waals surface area contributed by atoms with Gasteiger partial charge in [-0.2, -0.15) is 0 Å². The minimum atomic E-state index is -0.252. The molecule has 2 fully saturated rings. The Morgan fingerprint density at radius 1 is 1.22 bits per heavy atom. The van der Waals surface area contributed by atoms with Gasteiger partial charge in [0.05, 0.1) is 19.3 Å². The largest absolute Gasteiger partial charge is 0.390 e. The first kappa shape index (κ1) is 15.5. The van der Waals surface area contributed by atoms with Crippen LogP contribution in [0.25, 0.3) is 10.1 Å². The second-order valence-corrected chi connectivity index (χ2v) is 7.87. The SMILES string of the molecule is Cc1sc2ccccc2c1CN1C[C@H](O)[C@@H](N2CCOCC2)C1. The number of hydrogen-bond acceptors (Lipinski definition) is 5. The van der Waals surface area contributed by atoms with E-state index >= 15 is 0 Å². The zero-order chi connectivity index (χ0) is 15.8. The van der Waals surface area contributed by atoms with E-state index in [-0.39, 0.29) is 12.1 Å². The molecule has 124 valence electrons. The maximum atomic E-state index is 10.5.